The lowest BCUT2D eigenvalue weighted by atomic mass is 10.2. The molecule has 10 heteroatoms. The lowest BCUT2D eigenvalue weighted by Crippen LogP contribution is -2.17. The Morgan fingerprint density at radius 3 is 2.58 bits per heavy atom. The highest BCUT2D eigenvalue weighted by Gasteiger charge is 2.33. The van der Waals surface area contributed by atoms with Gasteiger partial charge in [-0.25, -0.2) is 13.8 Å². The topological polar surface area (TPSA) is 46.4 Å². The molecule has 0 aliphatic carbocycles. The Labute approximate surface area is 148 Å². The number of hydrogen-bond donors (Lipinski definition) is 1. The van der Waals surface area contributed by atoms with Crippen LogP contribution < -0.4 is 5.32 Å². The first-order chi connectivity index (χ1) is 12.1. The fourth-order valence-electron chi connectivity index (χ4n) is 2.42. The lowest BCUT2D eigenvalue weighted by Gasteiger charge is -2.10. The van der Waals surface area contributed by atoms with E-state index in [4.69, 9.17) is 11.6 Å². The number of rotatable bonds is 2. The van der Waals surface area contributed by atoms with Gasteiger partial charge in [-0.05, 0) is 25.1 Å². The summed E-state index contributed by atoms with van der Waals surface area (Å²) >= 11 is 5.84. The number of carbonyl (C=O) groups excluding carboxylic acids is 1. The van der Waals surface area contributed by atoms with Gasteiger partial charge in [0.1, 0.15) is 17.3 Å². The van der Waals surface area contributed by atoms with E-state index in [-0.39, 0.29) is 22.1 Å². The molecule has 3 aromatic rings. The van der Waals surface area contributed by atoms with Gasteiger partial charge < -0.3 is 5.32 Å². The van der Waals surface area contributed by atoms with Crippen LogP contribution in [0.3, 0.4) is 0 Å². The van der Waals surface area contributed by atoms with Crippen LogP contribution in [0.15, 0.2) is 30.5 Å². The van der Waals surface area contributed by atoms with E-state index >= 15 is 0 Å². The summed E-state index contributed by atoms with van der Waals surface area (Å²) in [5, 5.41) is 1.82. The zero-order chi connectivity index (χ0) is 19.2. The van der Waals surface area contributed by atoms with Crippen LogP contribution in [0.4, 0.5) is 27.6 Å². The van der Waals surface area contributed by atoms with Crippen LogP contribution in [0.2, 0.25) is 5.02 Å². The Hall–Kier alpha value is -2.68. The predicted molar refractivity (Wildman–Crippen MR) is 84.3 cm³/mol. The van der Waals surface area contributed by atoms with Crippen molar-refractivity contribution >= 4 is 28.8 Å². The van der Waals surface area contributed by atoms with Crippen molar-refractivity contribution in [3.05, 3.63) is 64.1 Å². The Kier molecular flexibility index (Phi) is 4.35. The lowest BCUT2D eigenvalue weighted by molar-refractivity contribution is -0.137. The molecule has 1 amide bonds. The van der Waals surface area contributed by atoms with Crippen LogP contribution in [-0.4, -0.2) is 15.3 Å². The summed E-state index contributed by atoms with van der Waals surface area (Å²) in [6.45, 7) is 1.38. The van der Waals surface area contributed by atoms with E-state index in [9.17, 15) is 26.7 Å². The summed E-state index contributed by atoms with van der Waals surface area (Å²) in [6, 6.07) is 3.11. The molecule has 0 saturated heterocycles. The second-order valence-corrected chi connectivity index (χ2v) is 5.80. The molecule has 26 heavy (non-hydrogen) atoms. The van der Waals surface area contributed by atoms with Gasteiger partial charge in [0.15, 0.2) is 5.65 Å². The van der Waals surface area contributed by atoms with Crippen molar-refractivity contribution < 1.29 is 26.7 Å². The van der Waals surface area contributed by atoms with Crippen LogP contribution in [0.25, 0.3) is 5.65 Å². The monoisotopic (exact) mass is 389 g/mol. The molecular weight excluding hydrogens is 381 g/mol. The number of anilines is 1. The van der Waals surface area contributed by atoms with E-state index in [0.29, 0.717) is 12.3 Å². The summed E-state index contributed by atoms with van der Waals surface area (Å²) in [5.74, 6) is -2.66. The van der Waals surface area contributed by atoms with Gasteiger partial charge in [0.25, 0.3) is 5.91 Å². The molecule has 0 spiro atoms. The number of amides is 1. The van der Waals surface area contributed by atoms with Gasteiger partial charge in [0.2, 0.25) is 0 Å². The Bertz CT molecular complexity index is 1030. The van der Waals surface area contributed by atoms with Crippen LogP contribution in [-0.2, 0) is 6.18 Å². The molecule has 0 bridgehead atoms. The third-order valence-corrected chi connectivity index (χ3v) is 3.85. The van der Waals surface area contributed by atoms with Gasteiger partial charge in [-0.3, -0.25) is 9.20 Å². The van der Waals surface area contributed by atoms with Gasteiger partial charge in [-0.15, -0.1) is 0 Å². The number of alkyl halides is 3. The second kappa shape index (κ2) is 6.24. The second-order valence-electron chi connectivity index (χ2n) is 5.39. The van der Waals surface area contributed by atoms with Gasteiger partial charge in [0, 0.05) is 12.3 Å². The number of fused-ring (bicyclic) bond motifs is 1. The smallest absolute Gasteiger partial charge is 0.318 e. The van der Waals surface area contributed by atoms with Crippen molar-refractivity contribution in [2.45, 2.75) is 13.1 Å². The van der Waals surface area contributed by atoms with Crippen molar-refractivity contribution in [3.63, 3.8) is 0 Å². The van der Waals surface area contributed by atoms with E-state index < -0.39 is 35.0 Å². The minimum Gasteiger partial charge on any atom is -0.318 e. The molecule has 4 nitrogen and oxygen atoms in total. The maximum absolute atomic E-state index is 13.7. The van der Waals surface area contributed by atoms with Gasteiger partial charge >= 0.3 is 6.18 Å². The number of pyridine rings is 1. The molecule has 3 rings (SSSR count). The van der Waals surface area contributed by atoms with Crippen molar-refractivity contribution in [2.24, 2.45) is 0 Å². The number of halogens is 6. The highest BCUT2D eigenvalue weighted by Crippen LogP contribution is 2.33. The van der Waals surface area contributed by atoms with E-state index in [1.807, 2.05) is 0 Å². The number of nitrogens with one attached hydrogen (secondary N) is 1. The first kappa shape index (κ1) is 18.1. The van der Waals surface area contributed by atoms with Gasteiger partial charge in [0.05, 0.1) is 22.0 Å². The number of imidazole rings is 1. The minimum atomic E-state index is -4.70. The van der Waals surface area contributed by atoms with Crippen molar-refractivity contribution in [1.82, 2.24) is 9.38 Å². The average molecular weight is 390 g/mol. The number of hydrogen-bond acceptors (Lipinski definition) is 2. The normalized spacial score (nSPS) is 11.8. The number of benzene rings is 1. The largest absolute Gasteiger partial charge is 0.417 e. The van der Waals surface area contributed by atoms with Gasteiger partial charge in [-0.2, -0.15) is 13.2 Å². The molecule has 0 aliphatic heterocycles. The van der Waals surface area contributed by atoms with Crippen LogP contribution in [0, 0.1) is 18.6 Å². The molecule has 2 aromatic heterocycles. The maximum Gasteiger partial charge on any atom is 0.417 e. The standard InChI is InChI=1S/C16H9ClF5N3O/c1-7-13(15(26)24-12-5-9(18)2-3-11(12)19)25-6-8(16(20,21)22)4-10(17)14(25)23-7/h2-6H,1H3,(H,24,26). The van der Waals surface area contributed by atoms with Crippen LogP contribution >= 0.6 is 11.6 Å². The van der Waals surface area contributed by atoms with Crippen molar-refractivity contribution in [3.8, 4) is 0 Å². The summed E-state index contributed by atoms with van der Waals surface area (Å²) in [6.07, 6.45) is -4.03. The highest BCUT2D eigenvalue weighted by molar-refractivity contribution is 6.33. The number of aromatic nitrogens is 2. The summed E-state index contributed by atoms with van der Waals surface area (Å²) in [5.41, 5.74) is -1.82. The van der Waals surface area contributed by atoms with E-state index in [2.05, 4.69) is 10.3 Å². The van der Waals surface area contributed by atoms with Crippen molar-refractivity contribution in [1.29, 1.82) is 0 Å². The van der Waals surface area contributed by atoms with E-state index in [1.54, 1.807) is 0 Å². The highest BCUT2D eigenvalue weighted by atomic mass is 35.5. The summed E-state index contributed by atoms with van der Waals surface area (Å²) in [7, 11) is 0. The van der Waals surface area contributed by atoms with Crippen LogP contribution in [0.5, 0.6) is 0 Å². The molecule has 0 fully saturated rings. The minimum absolute atomic E-state index is 0.0676. The fourth-order valence-corrected chi connectivity index (χ4v) is 2.67. The Morgan fingerprint density at radius 1 is 1.23 bits per heavy atom. The zero-order valence-electron chi connectivity index (χ0n) is 13.0. The molecule has 0 unspecified atom stereocenters. The van der Waals surface area contributed by atoms with E-state index in [1.165, 1.54) is 6.92 Å². The molecule has 0 saturated carbocycles. The molecule has 0 radical (unpaired) electrons. The summed E-state index contributed by atoms with van der Waals surface area (Å²) in [4.78, 5) is 16.4. The molecule has 136 valence electrons. The van der Waals surface area contributed by atoms with E-state index in [0.717, 1.165) is 22.6 Å². The maximum atomic E-state index is 13.7. The third kappa shape index (κ3) is 3.22. The first-order valence-corrected chi connectivity index (χ1v) is 7.47. The molecule has 2 heterocycles. The molecule has 0 aliphatic rings. The Morgan fingerprint density at radius 2 is 1.92 bits per heavy atom. The molecule has 0 atom stereocenters. The zero-order valence-corrected chi connectivity index (χ0v) is 13.7. The average Bonchev–Trinajstić information content (AvgIpc) is 2.87. The molecule has 1 N–H and O–H groups in total. The van der Waals surface area contributed by atoms with Crippen LogP contribution in [0.1, 0.15) is 21.7 Å². The first-order valence-electron chi connectivity index (χ1n) is 7.09. The molecular formula is C16H9ClF5N3O. The third-order valence-electron chi connectivity index (χ3n) is 3.57. The molecule has 1 aromatic carbocycles. The SMILES string of the molecule is Cc1nc2c(Cl)cc(C(F)(F)F)cn2c1C(=O)Nc1cc(F)ccc1F. The van der Waals surface area contributed by atoms with Crippen molar-refractivity contribution in [2.75, 3.05) is 5.32 Å². The number of nitrogens with zero attached hydrogens (tertiary/aromatic N) is 2. The fraction of sp³-hybridized carbons (Fsp3) is 0.125. The van der Waals surface area contributed by atoms with Gasteiger partial charge in [-0.1, -0.05) is 11.6 Å². The number of carbonyl (C=O) groups is 1. The quantitative estimate of drug-likeness (QED) is 0.637. The Balaban J connectivity index is 2.12. The predicted octanol–water partition coefficient (Wildman–Crippen LogP) is 4.85. The summed E-state index contributed by atoms with van der Waals surface area (Å²) < 4.78 is 66.8. The number of aryl methyl sites for hydroxylation is 1.